The first-order valence-corrected chi connectivity index (χ1v) is 12.9. The highest BCUT2D eigenvalue weighted by molar-refractivity contribution is 7.92. The summed E-state index contributed by atoms with van der Waals surface area (Å²) in [6, 6.07) is 6.53. The molecule has 0 saturated carbocycles. The predicted molar refractivity (Wildman–Crippen MR) is 136 cm³/mol. The van der Waals surface area contributed by atoms with E-state index in [-0.39, 0.29) is 5.15 Å². The average Bonchev–Trinajstić information content (AvgIpc) is 3.08. The van der Waals surface area contributed by atoms with Gasteiger partial charge in [0.2, 0.25) is 10.0 Å². The maximum Gasteiger partial charge on any atom is 0.410 e. The van der Waals surface area contributed by atoms with E-state index in [1.54, 1.807) is 42.2 Å². The van der Waals surface area contributed by atoms with Crippen molar-refractivity contribution in [1.82, 2.24) is 19.7 Å². The molecule has 3 aromatic rings. The molecule has 2 aromatic heterocycles. The number of pyridine rings is 1. The Bertz CT molecular complexity index is 1340. The van der Waals surface area contributed by atoms with Crippen LogP contribution in [0.3, 0.4) is 0 Å². The van der Waals surface area contributed by atoms with Crippen LogP contribution in [0, 0.1) is 0 Å². The molecule has 1 aromatic carbocycles. The minimum Gasteiger partial charge on any atom is -0.494 e. The Morgan fingerprint density at radius 1 is 1.26 bits per heavy atom. The number of halogens is 1. The molecule has 0 saturated heterocycles. The molecule has 1 amide bonds. The van der Waals surface area contributed by atoms with E-state index in [4.69, 9.17) is 21.1 Å². The first-order chi connectivity index (χ1) is 16.3. The van der Waals surface area contributed by atoms with E-state index in [0.717, 1.165) is 6.26 Å². The molecule has 2 N–H and O–H groups in total. The summed E-state index contributed by atoms with van der Waals surface area (Å²) in [5, 5.41) is 8.88. The SMILES string of the molecule is COc1cc(NS(C)(=O)=O)ccc1-n1nc(NCCN(C)C(=O)OC(C)(C)C)c2cnc(Cl)cc21. The largest absolute Gasteiger partial charge is 0.494 e. The Balaban J connectivity index is 1.89. The Morgan fingerprint density at radius 2 is 1.97 bits per heavy atom. The van der Waals surface area contributed by atoms with E-state index in [1.807, 2.05) is 20.8 Å². The van der Waals surface area contributed by atoms with E-state index in [2.05, 4.69) is 20.1 Å². The molecular formula is C22H29ClN6O5S. The van der Waals surface area contributed by atoms with Crippen molar-refractivity contribution in [1.29, 1.82) is 0 Å². The Labute approximate surface area is 209 Å². The second-order valence-corrected chi connectivity index (χ2v) is 11.0. The summed E-state index contributed by atoms with van der Waals surface area (Å²) in [5.41, 5.74) is 1.00. The van der Waals surface area contributed by atoms with Gasteiger partial charge in [0.05, 0.1) is 30.0 Å². The molecule has 35 heavy (non-hydrogen) atoms. The molecule has 0 aliphatic heterocycles. The molecule has 0 aliphatic rings. The third-order valence-electron chi connectivity index (χ3n) is 4.69. The summed E-state index contributed by atoms with van der Waals surface area (Å²) >= 11 is 6.15. The molecule has 0 spiro atoms. The van der Waals surface area contributed by atoms with Crippen LogP contribution in [0.1, 0.15) is 20.8 Å². The quantitative estimate of drug-likeness (QED) is 0.426. The lowest BCUT2D eigenvalue weighted by Crippen LogP contribution is -2.36. The van der Waals surface area contributed by atoms with Crippen molar-refractivity contribution in [2.24, 2.45) is 0 Å². The van der Waals surface area contributed by atoms with Crippen LogP contribution in [0.2, 0.25) is 5.15 Å². The van der Waals surface area contributed by atoms with Gasteiger partial charge in [0, 0.05) is 38.5 Å². The van der Waals surface area contributed by atoms with E-state index >= 15 is 0 Å². The second kappa shape index (κ2) is 10.2. The van der Waals surface area contributed by atoms with Crippen molar-refractivity contribution >= 4 is 50.1 Å². The third-order valence-corrected chi connectivity index (χ3v) is 5.50. The Kier molecular flexibility index (Phi) is 7.65. The summed E-state index contributed by atoms with van der Waals surface area (Å²) in [7, 11) is -0.312. The standard InChI is InChI=1S/C22H29ClN6O5S/c1-22(2,3)34-21(30)28(4)10-9-24-20-15-13-25-19(23)12-17(15)29(26-20)16-8-7-14(11-18(16)33-5)27-35(6,31)32/h7-8,11-13,27H,9-10H2,1-6H3,(H,24,26). The van der Waals surface area contributed by atoms with Crippen molar-refractivity contribution < 1.29 is 22.7 Å². The number of carbonyl (C=O) groups excluding carboxylic acids is 1. The zero-order chi connectivity index (χ0) is 26.0. The fourth-order valence-corrected chi connectivity index (χ4v) is 3.91. The highest BCUT2D eigenvalue weighted by Gasteiger charge is 2.20. The monoisotopic (exact) mass is 524 g/mol. The number of amides is 1. The minimum absolute atomic E-state index is 0.282. The molecular weight excluding hydrogens is 496 g/mol. The van der Waals surface area contributed by atoms with Gasteiger partial charge in [-0.3, -0.25) is 4.72 Å². The Morgan fingerprint density at radius 3 is 2.60 bits per heavy atom. The number of hydrogen-bond donors (Lipinski definition) is 2. The number of aromatic nitrogens is 3. The number of hydrogen-bond acceptors (Lipinski definition) is 8. The van der Waals surface area contributed by atoms with Crippen LogP contribution >= 0.6 is 11.6 Å². The van der Waals surface area contributed by atoms with Gasteiger partial charge < -0.3 is 19.7 Å². The van der Waals surface area contributed by atoms with Crippen molar-refractivity contribution in [2.45, 2.75) is 26.4 Å². The lowest BCUT2D eigenvalue weighted by Gasteiger charge is -2.24. The molecule has 0 aliphatic carbocycles. The summed E-state index contributed by atoms with van der Waals surface area (Å²) < 4.78 is 38.1. The lowest BCUT2D eigenvalue weighted by atomic mass is 10.2. The number of nitrogens with zero attached hydrogens (tertiary/aromatic N) is 4. The molecule has 2 heterocycles. The average molecular weight is 525 g/mol. The summed E-state index contributed by atoms with van der Waals surface area (Å²) in [6.07, 6.45) is 2.25. The maximum absolute atomic E-state index is 12.2. The van der Waals surface area contributed by atoms with E-state index in [9.17, 15) is 13.2 Å². The van der Waals surface area contributed by atoms with Gasteiger partial charge in [0.1, 0.15) is 22.2 Å². The number of methoxy groups -OCH3 is 1. The van der Waals surface area contributed by atoms with Crippen LogP contribution in [-0.2, 0) is 14.8 Å². The van der Waals surface area contributed by atoms with Crippen molar-refractivity contribution in [3.8, 4) is 11.4 Å². The fourth-order valence-electron chi connectivity index (χ4n) is 3.20. The number of likely N-dealkylation sites (N-methyl/N-ethyl adjacent to an activating group) is 1. The van der Waals surface area contributed by atoms with E-state index in [1.165, 1.54) is 12.0 Å². The predicted octanol–water partition coefficient (Wildman–Crippen LogP) is 3.73. The highest BCUT2D eigenvalue weighted by Crippen LogP contribution is 2.32. The van der Waals surface area contributed by atoms with Crippen LogP contribution in [0.15, 0.2) is 30.5 Å². The summed E-state index contributed by atoms with van der Waals surface area (Å²) in [5.74, 6) is 0.925. The lowest BCUT2D eigenvalue weighted by molar-refractivity contribution is 0.0305. The van der Waals surface area contributed by atoms with Gasteiger partial charge >= 0.3 is 6.09 Å². The minimum atomic E-state index is -3.45. The number of nitrogens with one attached hydrogen (secondary N) is 2. The topological polar surface area (TPSA) is 128 Å². The molecule has 190 valence electrons. The van der Waals surface area contributed by atoms with Crippen molar-refractivity contribution in [3.05, 3.63) is 35.6 Å². The molecule has 0 atom stereocenters. The number of sulfonamides is 1. The number of rotatable bonds is 8. The van der Waals surface area contributed by atoms with Crippen LogP contribution in [0.25, 0.3) is 16.6 Å². The number of ether oxygens (including phenoxy) is 2. The van der Waals surface area contributed by atoms with Crippen molar-refractivity contribution in [2.75, 3.05) is 43.5 Å². The second-order valence-electron chi connectivity index (χ2n) is 8.87. The molecule has 0 fully saturated rings. The van der Waals surface area contributed by atoms with Crippen molar-refractivity contribution in [3.63, 3.8) is 0 Å². The molecule has 0 bridgehead atoms. The molecule has 3 rings (SSSR count). The normalized spacial score (nSPS) is 11.9. The van der Waals surface area contributed by atoms with Gasteiger partial charge in [0.15, 0.2) is 5.82 Å². The van der Waals surface area contributed by atoms with Gasteiger partial charge in [-0.2, -0.15) is 0 Å². The molecule has 0 radical (unpaired) electrons. The zero-order valence-electron chi connectivity index (χ0n) is 20.4. The first kappa shape index (κ1) is 26.4. The van der Waals surface area contributed by atoms with Crippen LogP contribution < -0.4 is 14.8 Å². The van der Waals surface area contributed by atoms with Crippen LogP contribution in [0.5, 0.6) is 5.75 Å². The smallest absolute Gasteiger partial charge is 0.410 e. The van der Waals surface area contributed by atoms with Gasteiger partial charge in [0.25, 0.3) is 0 Å². The maximum atomic E-state index is 12.2. The highest BCUT2D eigenvalue weighted by atomic mass is 35.5. The fraction of sp³-hybridized carbons (Fsp3) is 0.409. The van der Waals surface area contributed by atoms with Gasteiger partial charge in [-0.05, 0) is 32.9 Å². The van der Waals surface area contributed by atoms with Crippen LogP contribution in [-0.4, -0.2) is 73.3 Å². The number of carbonyl (C=O) groups is 1. The third kappa shape index (κ3) is 6.89. The zero-order valence-corrected chi connectivity index (χ0v) is 22.0. The summed E-state index contributed by atoms with van der Waals surface area (Å²) in [4.78, 5) is 17.8. The van der Waals surface area contributed by atoms with E-state index < -0.39 is 21.7 Å². The van der Waals surface area contributed by atoms with E-state index in [0.29, 0.717) is 46.9 Å². The van der Waals surface area contributed by atoms with Crippen LogP contribution in [0.4, 0.5) is 16.3 Å². The first-order valence-electron chi connectivity index (χ1n) is 10.7. The molecule has 11 nitrogen and oxygen atoms in total. The molecule has 13 heteroatoms. The van der Waals surface area contributed by atoms with Gasteiger partial charge in [-0.1, -0.05) is 11.6 Å². The molecule has 0 unspecified atom stereocenters. The van der Waals surface area contributed by atoms with Gasteiger partial charge in [-0.15, -0.1) is 5.10 Å². The Hall–Kier alpha value is -3.25. The number of benzene rings is 1. The summed E-state index contributed by atoms with van der Waals surface area (Å²) in [6.45, 7) is 6.21. The van der Waals surface area contributed by atoms with Gasteiger partial charge in [-0.25, -0.2) is 22.9 Å². The number of anilines is 2. The number of fused-ring (bicyclic) bond motifs is 1.